The van der Waals surface area contributed by atoms with E-state index in [1.165, 1.54) is 0 Å². The summed E-state index contributed by atoms with van der Waals surface area (Å²) in [6, 6.07) is 0.444. The molecule has 0 aliphatic heterocycles. The molecule has 192 valence electrons. The maximum Gasteiger partial charge on any atom is 0.222 e. The maximum absolute atomic E-state index is 11.5. The lowest BCUT2D eigenvalue weighted by Crippen LogP contribution is -2.30. The van der Waals surface area contributed by atoms with Crippen LogP contribution < -0.4 is 10.6 Å². The second kappa shape index (κ2) is 22.1. The first-order valence-corrected chi connectivity index (χ1v) is 11.6. The molecule has 33 heavy (non-hydrogen) atoms. The molecule has 0 rings (SSSR count). The van der Waals surface area contributed by atoms with Crippen molar-refractivity contribution < 1.29 is 28.5 Å². The standard InChI is InChI=1S/C22H43N5O6/c1-5-6-9-25-21(28)7-11-29-14-17-32-18-19-33-22(4,26-27-23)8-12-30-15-16-31-13-10-24-20(2)3/h5-6,20,24H,7-19H2,1-4H3,(H,25,28)/b6-5+. The average molecular weight is 474 g/mol. The first-order chi connectivity index (χ1) is 15.9. The molecule has 0 radical (unpaired) electrons. The Kier molecular flexibility index (Phi) is 20.9. The molecule has 0 saturated heterocycles. The monoisotopic (exact) mass is 473 g/mol. The summed E-state index contributed by atoms with van der Waals surface area (Å²) in [5.74, 6) is -0.0461. The fraction of sp³-hybridized carbons (Fsp3) is 0.864. The van der Waals surface area contributed by atoms with Crippen molar-refractivity contribution in [3.63, 3.8) is 0 Å². The molecular weight excluding hydrogens is 430 g/mol. The SMILES string of the molecule is C/C=C/CNC(=O)CCOCCOCCOC(C)(CCOCCOCCNC(C)C)N=[N+]=[N-]. The minimum atomic E-state index is -1.00. The van der Waals surface area contributed by atoms with E-state index in [1.54, 1.807) is 6.92 Å². The van der Waals surface area contributed by atoms with Crippen molar-refractivity contribution in [2.24, 2.45) is 5.11 Å². The Morgan fingerprint density at radius 3 is 2.24 bits per heavy atom. The fourth-order valence-corrected chi connectivity index (χ4v) is 2.44. The van der Waals surface area contributed by atoms with Crippen LogP contribution in [0.25, 0.3) is 10.4 Å². The third-order valence-electron chi connectivity index (χ3n) is 4.28. The first kappa shape index (κ1) is 31.3. The molecule has 0 heterocycles. The minimum absolute atomic E-state index is 0.0461. The third-order valence-corrected chi connectivity index (χ3v) is 4.28. The molecule has 0 aromatic rings. The molecule has 11 nitrogen and oxygen atoms in total. The fourth-order valence-electron chi connectivity index (χ4n) is 2.44. The lowest BCUT2D eigenvalue weighted by Gasteiger charge is -2.24. The molecule has 0 saturated carbocycles. The maximum atomic E-state index is 11.5. The zero-order chi connectivity index (χ0) is 24.6. The van der Waals surface area contributed by atoms with Gasteiger partial charge in [0, 0.05) is 43.5 Å². The number of amides is 1. The summed E-state index contributed by atoms with van der Waals surface area (Å²) in [7, 11) is 0. The molecular formula is C22H43N5O6. The Morgan fingerprint density at radius 1 is 1.00 bits per heavy atom. The molecule has 0 spiro atoms. The van der Waals surface area contributed by atoms with Crippen molar-refractivity contribution >= 4 is 5.91 Å². The van der Waals surface area contributed by atoms with Crippen LogP contribution in [0.4, 0.5) is 0 Å². The van der Waals surface area contributed by atoms with Crippen molar-refractivity contribution in [1.29, 1.82) is 0 Å². The number of carbonyl (C=O) groups excluding carboxylic acids is 1. The predicted molar refractivity (Wildman–Crippen MR) is 127 cm³/mol. The van der Waals surface area contributed by atoms with Crippen LogP contribution >= 0.6 is 0 Å². The van der Waals surface area contributed by atoms with Crippen LogP contribution in [0.15, 0.2) is 17.3 Å². The van der Waals surface area contributed by atoms with E-state index >= 15 is 0 Å². The van der Waals surface area contributed by atoms with E-state index < -0.39 is 5.72 Å². The summed E-state index contributed by atoms with van der Waals surface area (Å²) in [4.78, 5) is 14.4. The molecule has 1 unspecified atom stereocenters. The molecule has 0 fully saturated rings. The number of hydrogen-bond acceptors (Lipinski definition) is 8. The zero-order valence-corrected chi connectivity index (χ0v) is 20.7. The highest BCUT2D eigenvalue weighted by molar-refractivity contribution is 5.76. The largest absolute Gasteiger partial charge is 0.379 e. The van der Waals surface area contributed by atoms with Gasteiger partial charge in [0.15, 0.2) is 0 Å². The molecule has 1 amide bonds. The van der Waals surface area contributed by atoms with E-state index in [9.17, 15) is 4.79 Å². The average Bonchev–Trinajstić information content (AvgIpc) is 2.77. The van der Waals surface area contributed by atoms with Gasteiger partial charge in [0.05, 0.1) is 52.9 Å². The van der Waals surface area contributed by atoms with Crippen LogP contribution in [0.3, 0.4) is 0 Å². The van der Waals surface area contributed by atoms with Crippen molar-refractivity contribution in [3.05, 3.63) is 22.6 Å². The van der Waals surface area contributed by atoms with Crippen molar-refractivity contribution in [2.75, 3.05) is 72.6 Å². The van der Waals surface area contributed by atoms with Gasteiger partial charge in [0.1, 0.15) is 5.72 Å². The highest BCUT2D eigenvalue weighted by Crippen LogP contribution is 2.17. The van der Waals surface area contributed by atoms with Crippen molar-refractivity contribution in [3.8, 4) is 0 Å². The number of nitrogens with one attached hydrogen (secondary N) is 2. The third kappa shape index (κ3) is 21.9. The highest BCUT2D eigenvalue weighted by Gasteiger charge is 2.23. The zero-order valence-electron chi connectivity index (χ0n) is 20.7. The quantitative estimate of drug-likeness (QED) is 0.0765. The van der Waals surface area contributed by atoms with E-state index in [1.807, 2.05) is 19.1 Å². The topological polar surface area (TPSA) is 136 Å². The molecule has 1 atom stereocenters. The van der Waals surface area contributed by atoms with Crippen molar-refractivity contribution in [1.82, 2.24) is 10.6 Å². The van der Waals surface area contributed by atoms with Gasteiger partial charge in [-0.1, -0.05) is 31.1 Å². The number of allylic oxidation sites excluding steroid dienone is 1. The number of carbonyl (C=O) groups is 1. The number of ether oxygens (including phenoxy) is 5. The lowest BCUT2D eigenvalue weighted by atomic mass is 10.2. The number of hydrogen-bond donors (Lipinski definition) is 2. The van der Waals surface area contributed by atoms with E-state index in [2.05, 4.69) is 34.5 Å². The van der Waals surface area contributed by atoms with E-state index in [0.29, 0.717) is 78.3 Å². The Balaban J connectivity index is 3.71. The number of rotatable bonds is 23. The molecule has 11 heteroatoms. The Hall–Kier alpha value is -1.72. The van der Waals surface area contributed by atoms with Gasteiger partial charge in [0.2, 0.25) is 5.91 Å². The molecule has 0 aliphatic rings. The van der Waals surface area contributed by atoms with Gasteiger partial charge in [-0.05, 0) is 19.4 Å². The van der Waals surface area contributed by atoms with E-state index in [-0.39, 0.29) is 12.5 Å². The van der Waals surface area contributed by atoms with E-state index in [0.717, 1.165) is 6.54 Å². The number of azide groups is 1. The summed E-state index contributed by atoms with van der Waals surface area (Å²) in [5.41, 5.74) is 7.82. The Morgan fingerprint density at radius 2 is 1.61 bits per heavy atom. The highest BCUT2D eigenvalue weighted by atomic mass is 16.6. The van der Waals surface area contributed by atoms with Gasteiger partial charge in [0.25, 0.3) is 0 Å². The molecule has 0 aliphatic carbocycles. The van der Waals surface area contributed by atoms with Crippen LogP contribution in [-0.4, -0.2) is 90.2 Å². The van der Waals surface area contributed by atoms with Crippen molar-refractivity contribution in [2.45, 2.75) is 52.3 Å². The number of nitrogens with zero attached hydrogens (tertiary/aromatic N) is 3. The summed E-state index contributed by atoms with van der Waals surface area (Å²) < 4.78 is 27.5. The first-order valence-electron chi connectivity index (χ1n) is 11.6. The van der Waals surface area contributed by atoms with Crippen LogP contribution in [-0.2, 0) is 28.5 Å². The predicted octanol–water partition coefficient (Wildman–Crippen LogP) is 2.57. The molecule has 0 aromatic heterocycles. The van der Waals surface area contributed by atoms with Gasteiger partial charge < -0.3 is 34.3 Å². The van der Waals surface area contributed by atoms with E-state index in [4.69, 9.17) is 29.2 Å². The molecule has 0 bridgehead atoms. The van der Waals surface area contributed by atoms with Gasteiger partial charge >= 0.3 is 0 Å². The Labute approximate surface area is 198 Å². The lowest BCUT2D eigenvalue weighted by molar-refractivity contribution is -0.122. The smallest absolute Gasteiger partial charge is 0.222 e. The van der Waals surface area contributed by atoms with Gasteiger partial charge in [-0.3, -0.25) is 4.79 Å². The summed E-state index contributed by atoms with van der Waals surface area (Å²) in [6.07, 6.45) is 4.49. The molecule has 2 N–H and O–H groups in total. The summed E-state index contributed by atoms with van der Waals surface area (Å²) >= 11 is 0. The van der Waals surface area contributed by atoms with Gasteiger partial charge in [-0.2, -0.15) is 0 Å². The Bertz CT molecular complexity index is 557. The summed E-state index contributed by atoms with van der Waals surface area (Å²) in [6.45, 7) is 12.9. The summed E-state index contributed by atoms with van der Waals surface area (Å²) in [5, 5.41) is 9.78. The minimum Gasteiger partial charge on any atom is -0.379 e. The van der Waals surface area contributed by atoms with Crippen LogP contribution in [0, 0.1) is 0 Å². The second-order valence-corrected chi connectivity index (χ2v) is 7.64. The second-order valence-electron chi connectivity index (χ2n) is 7.64. The molecule has 0 aromatic carbocycles. The van der Waals surface area contributed by atoms with Crippen LogP contribution in [0.2, 0.25) is 0 Å². The van der Waals surface area contributed by atoms with Gasteiger partial charge in [-0.15, -0.1) is 0 Å². The van der Waals surface area contributed by atoms with Crippen LogP contribution in [0.1, 0.15) is 40.5 Å². The normalized spacial score (nSPS) is 13.2. The van der Waals surface area contributed by atoms with Gasteiger partial charge in [-0.25, -0.2) is 0 Å². The van der Waals surface area contributed by atoms with Crippen LogP contribution in [0.5, 0.6) is 0 Å².